The third-order valence-corrected chi connectivity index (χ3v) is 5.49. The molecule has 1 fully saturated rings. The van der Waals surface area contributed by atoms with Crippen molar-refractivity contribution >= 4 is 11.8 Å². The summed E-state index contributed by atoms with van der Waals surface area (Å²) in [6, 6.07) is 13.3. The molecule has 0 bridgehead atoms. The average molecular weight is 437 g/mol. The standard InChI is InChI=1S/C25H29FN4O2/c1-17(27)23(24(28)31)29-25(32)21-10-8-19(9-11-21)3-2-18-4-6-20(7-5-18)16-30-14-12-22(26)13-15-30/h4-11,17,22-23H,12-16,27H2,1H3,(H2,28,31)(H,29,32)/t17-,23+/m1/s1. The van der Waals surface area contributed by atoms with Crippen molar-refractivity contribution in [3.05, 3.63) is 70.8 Å². The molecule has 7 heteroatoms. The Hall–Kier alpha value is -3.21. The number of nitrogens with zero attached hydrogens (tertiary/aromatic N) is 1. The van der Waals surface area contributed by atoms with Gasteiger partial charge in [-0.25, -0.2) is 4.39 Å². The molecule has 3 rings (SSSR count). The highest BCUT2D eigenvalue weighted by molar-refractivity contribution is 5.97. The van der Waals surface area contributed by atoms with Gasteiger partial charge in [0.25, 0.3) is 5.91 Å². The molecule has 1 saturated heterocycles. The van der Waals surface area contributed by atoms with Gasteiger partial charge in [0.15, 0.2) is 0 Å². The maximum atomic E-state index is 13.3. The zero-order valence-corrected chi connectivity index (χ0v) is 18.2. The minimum Gasteiger partial charge on any atom is -0.368 e. The Labute approximate surface area is 188 Å². The van der Waals surface area contributed by atoms with E-state index >= 15 is 0 Å². The van der Waals surface area contributed by atoms with Crippen LogP contribution < -0.4 is 16.8 Å². The van der Waals surface area contributed by atoms with Crippen molar-refractivity contribution in [2.45, 2.75) is 44.6 Å². The molecule has 1 heterocycles. The van der Waals surface area contributed by atoms with Crippen molar-refractivity contribution in [2.24, 2.45) is 11.5 Å². The summed E-state index contributed by atoms with van der Waals surface area (Å²) in [5.41, 5.74) is 14.2. The van der Waals surface area contributed by atoms with E-state index in [0.29, 0.717) is 18.4 Å². The molecule has 2 aromatic carbocycles. The summed E-state index contributed by atoms with van der Waals surface area (Å²) in [6.07, 6.45) is 0.568. The fourth-order valence-corrected chi connectivity index (χ4v) is 3.55. The molecule has 32 heavy (non-hydrogen) atoms. The summed E-state index contributed by atoms with van der Waals surface area (Å²) in [6.45, 7) is 4.02. The molecule has 0 unspecified atom stereocenters. The first-order valence-corrected chi connectivity index (χ1v) is 10.7. The van der Waals surface area contributed by atoms with E-state index in [1.165, 1.54) is 5.56 Å². The van der Waals surface area contributed by atoms with E-state index < -0.39 is 30.1 Å². The second kappa shape index (κ2) is 10.9. The van der Waals surface area contributed by atoms with Crippen LogP contribution in [-0.2, 0) is 11.3 Å². The van der Waals surface area contributed by atoms with Crippen LogP contribution in [0.4, 0.5) is 4.39 Å². The molecule has 1 aliphatic heterocycles. The molecule has 2 atom stereocenters. The Kier molecular flexibility index (Phi) is 7.98. The quantitative estimate of drug-likeness (QED) is 0.603. The lowest BCUT2D eigenvalue weighted by Gasteiger charge is -2.28. The molecule has 168 valence electrons. The van der Waals surface area contributed by atoms with Crippen molar-refractivity contribution in [3.63, 3.8) is 0 Å². The largest absolute Gasteiger partial charge is 0.368 e. The number of nitrogens with one attached hydrogen (secondary N) is 1. The molecule has 2 amide bonds. The van der Waals surface area contributed by atoms with Crippen LogP contribution in [0.5, 0.6) is 0 Å². The summed E-state index contributed by atoms with van der Waals surface area (Å²) in [4.78, 5) is 26.0. The van der Waals surface area contributed by atoms with Crippen molar-refractivity contribution in [1.82, 2.24) is 10.2 Å². The average Bonchev–Trinajstić information content (AvgIpc) is 2.78. The Morgan fingerprint density at radius 2 is 1.59 bits per heavy atom. The molecular formula is C25H29FN4O2. The second-order valence-corrected chi connectivity index (χ2v) is 8.19. The number of likely N-dealkylation sites (tertiary alicyclic amines) is 1. The number of halogens is 1. The number of hydrogen-bond donors (Lipinski definition) is 3. The smallest absolute Gasteiger partial charge is 0.251 e. The first-order valence-electron chi connectivity index (χ1n) is 10.7. The molecule has 0 saturated carbocycles. The Balaban J connectivity index is 1.57. The van der Waals surface area contributed by atoms with Crippen LogP contribution in [0.3, 0.4) is 0 Å². The minimum absolute atomic E-state index is 0.392. The van der Waals surface area contributed by atoms with Crippen LogP contribution in [0.15, 0.2) is 48.5 Å². The second-order valence-electron chi connectivity index (χ2n) is 8.19. The van der Waals surface area contributed by atoms with Gasteiger partial charge in [0, 0.05) is 42.4 Å². The van der Waals surface area contributed by atoms with Gasteiger partial charge in [0.05, 0.1) is 0 Å². The summed E-state index contributed by atoms with van der Waals surface area (Å²) in [5, 5.41) is 2.55. The lowest BCUT2D eigenvalue weighted by Crippen LogP contribution is -2.53. The summed E-state index contributed by atoms with van der Waals surface area (Å²) in [5.74, 6) is 5.10. The molecule has 0 aromatic heterocycles. The number of rotatable bonds is 6. The van der Waals surface area contributed by atoms with E-state index in [2.05, 4.69) is 22.1 Å². The number of carbonyl (C=O) groups is 2. The Morgan fingerprint density at radius 1 is 1.06 bits per heavy atom. The highest BCUT2D eigenvalue weighted by atomic mass is 19.1. The molecule has 0 spiro atoms. The van der Waals surface area contributed by atoms with Gasteiger partial charge in [0.1, 0.15) is 12.2 Å². The third kappa shape index (κ3) is 6.64. The fraction of sp³-hybridized carbons (Fsp3) is 0.360. The number of hydrogen-bond acceptors (Lipinski definition) is 4. The first-order chi connectivity index (χ1) is 15.3. The van der Waals surface area contributed by atoms with Crippen LogP contribution in [-0.4, -0.2) is 48.1 Å². The molecule has 6 nitrogen and oxygen atoms in total. The van der Waals surface area contributed by atoms with Crippen molar-refractivity contribution in [3.8, 4) is 11.8 Å². The van der Waals surface area contributed by atoms with E-state index in [1.807, 2.05) is 24.3 Å². The molecule has 0 aliphatic carbocycles. The Morgan fingerprint density at radius 3 is 2.09 bits per heavy atom. The number of primary amides is 1. The maximum absolute atomic E-state index is 13.3. The van der Waals surface area contributed by atoms with Gasteiger partial charge in [-0.1, -0.05) is 24.0 Å². The predicted octanol–water partition coefficient (Wildman–Crippen LogP) is 1.95. The van der Waals surface area contributed by atoms with Crippen molar-refractivity contribution in [2.75, 3.05) is 13.1 Å². The van der Waals surface area contributed by atoms with Gasteiger partial charge < -0.3 is 16.8 Å². The Bertz CT molecular complexity index is 985. The van der Waals surface area contributed by atoms with Crippen LogP contribution >= 0.6 is 0 Å². The van der Waals surface area contributed by atoms with Gasteiger partial charge in [0.2, 0.25) is 5.91 Å². The molecular weight excluding hydrogens is 407 g/mol. The van der Waals surface area contributed by atoms with Gasteiger partial charge in [-0.05, 0) is 61.7 Å². The normalized spacial score (nSPS) is 16.5. The number of piperidine rings is 1. The maximum Gasteiger partial charge on any atom is 0.251 e. The van der Waals surface area contributed by atoms with Gasteiger partial charge in [-0.15, -0.1) is 0 Å². The molecule has 1 aliphatic rings. The predicted molar refractivity (Wildman–Crippen MR) is 122 cm³/mol. The number of amides is 2. The topological polar surface area (TPSA) is 101 Å². The molecule has 0 radical (unpaired) electrons. The molecule has 5 N–H and O–H groups in total. The molecule has 2 aromatic rings. The zero-order chi connectivity index (χ0) is 23.1. The van der Waals surface area contributed by atoms with Crippen LogP contribution in [0.2, 0.25) is 0 Å². The number of benzene rings is 2. The summed E-state index contributed by atoms with van der Waals surface area (Å²) in [7, 11) is 0. The van der Waals surface area contributed by atoms with Gasteiger partial charge in [-0.3, -0.25) is 14.5 Å². The van der Waals surface area contributed by atoms with Crippen LogP contribution in [0.25, 0.3) is 0 Å². The van der Waals surface area contributed by atoms with E-state index in [1.54, 1.807) is 31.2 Å². The van der Waals surface area contributed by atoms with E-state index in [-0.39, 0.29) is 0 Å². The van der Waals surface area contributed by atoms with Gasteiger partial charge in [-0.2, -0.15) is 0 Å². The lowest BCUT2D eigenvalue weighted by atomic mass is 10.1. The van der Waals surface area contributed by atoms with Crippen LogP contribution in [0, 0.1) is 11.8 Å². The first kappa shape index (κ1) is 23.5. The monoisotopic (exact) mass is 436 g/mol. The van der Waals surface area contributed by atoms with E-state index in [9.17, 15) is 14.0 Å². The summed E-state index contributed by atoms with van der Waals surface area (Å²) >= 11 is 0. The van der Waals surface area contributed by atoms with Gasteiger partial charge >= 0.3 is 0 Å². The van der Waals surface area contributed by atoms with Crippen LogP contribution in [0.1, 0.15) is 46.8 Å². The fourth-order valence-electron chi connectivity index (χ4n) is 3.55. The summed E-state index contributed by atoms with van der Waals surface area (Å²) < 4.78 is 13.3. The van der Waals surface area contributed by atoms with Crippen molar-refractivity contribution in [1.29, 1.82) is 0 Å². The number of alkyl halides is 1. The lowest BCUT2D eigenvalue weighted by molar-refractivity contribution is -0.120. The number of carbonyl (C=O) groups excluding carboxylic acids is 2. The SMILES string of the molecule is C[C@@H](N)[C@H](NC(=O)c1ccc(C#Cc2ccc(CN3CCC(F)CC3)cc2)cc1)C(N)=O. The highest BCUT2D eigenvalue weighted by Crippen LogP contribution is 2.16. The van der Waals surface area contributed by atoms with E-state index in [4.69, 9.17) is 11.5 Å². The highest BCUT2D eigenvalue weighted by Gasteiger charge is 2.22. The zero-order valence-electron chi connectivity index (χ0n) is 18.2. The van der Waals surface area contributed by atoms with Crippen molar-refractivity contribution < 1.29 is 14.0 Å². The number of nitrogens with two attached hydrogens (primary N) is 2. The minimum atomic E-state index is -0.930. The van der Waals surface area contributed by atoms with E-state index in [0.717, 1.165) is 30.8 Å². The third-order valence-electron chi connectivity index (χ3n) is 5.49.